The summed E-state index contributed by atoms with van der Waals surface area (Å²) in [5, 5.41) is 3.77. The summed E-state index contributed by atoms with van der Waals surface area (Å²) in [6, 6.07) is 35.2. The molecule has 0 saturated heterocycles. The standard InChI is InChI=1S/C34H24O4S/c1-37-25-15-11-21(12-16-25)31-27-9-5-6-10-28(27)32(22-13-17-26(38-2)18-14-22)34-33(31)29-19-23-7-3-4-8-24(23)20-30(29)39(34,35)36/h3-20H,1-2H3. The van der Waals surface area contributed by atoms with Crippen molar-refractivity contribution in [3.8, 4) is 44.9 Å². The molecule has 0 fully saturated rings. The summed E-state index contributed by atoms with van der Waals surface area (Å²) in [4.78, 5) is 0.693. The largest absolute Gasteiger partial charge is 0.497 e. The molecule has 0 aliphatic carbocycles. The maximum atomic E-state index is 14.5. The Morgan fingerprint density at radius 3 is 1.59 bits per heavy atom. The van der Waals surface area contributed by atoms with Gasteiger partial charge in [0, 0.05) is 16.7 Å². The van der Waals surface area contributed by atoms with Crippen LogP contribution in [0, 0.1) is 0 Å². The van der Waals surface area contributed by atoms with Crippen LogP contribution in [0.5, 0.6) is 11.5 Å². The minimum Gasteiger partial charge on any atom is -0.497 e. The average molecular weight is 529 g/mol. The second-order valence-corrected chi connectivity index (χ2v) is 11.5. The maximum Gasteiger partial charge on any atom is 0.208 e. The highest BCUT2D eigenvalue weighted by Crippen LogP contribution is 2.56. The van der Waals surface area contributed by atoms with Crippen molar-refractivity contribution in [1.29, 1.82) is 0 Å². The summed E-state index contributed by atoms with van der Waals surface area (Å²) in [5.74, 6) is 1.46. The number of benzene rings is 6. The fourth-order valence-corrected chi connectivity index (χ4v) is 7.72. The van der Waals surface area contributed by atoms with Crippen molar-refractivity contribution in [2.75, 3.05) is 14.2 Å². The molecule has 6 aromatic carbocycles. The van der Waals surface area contributed by atoms with Crippen LogP contribution in [-0.2, 0) is 9.84 Å². The Bertz CT molecular complexity index is 2020. The molecule has 39 heavy (non-hydrogen) atoms. The fraction of sp³-hybridized carbons (Fsp3) is 0.0588. The van der Waals surface area contributed by atoms with Gasteiger partial charge in [-0.2, -0.15) is 0 Å². The van der Waals surface area contributed by atoms with Crippen LogP contribution in [0.1, 0.15) is 0 Å². The molecule has 5 heteroatoms. The van der Waals surface area contributed by atoms with Gasteiger partial charge in [-0.25, -0.2) is 8.42 Å². The third-order valence-electron chi connectivity index (χ3n) is 7.60. The van der Waals surface area contributed by atoms with E-state index in [9.17, 15) is 8.42 Å². The highest BCUT2D eigenvalue weighted by Gasteiger charge is 2.39. The van der Waals surface area contributed by atoms with Crippen LogP contribution >= 0.6 is 0 Å². The van der Waals surface area contributed by atoms with E-state index in [0.29, 0.717) is 21.1 Å². The summed E-state index contributed by atoms with van der Waals surface area (Å²) in [7, 11) is -0.580. The number of ether oxygens (including phenoxy) is 2. The Morgan fingerprint density at radius 2 is 1.03 bits per heavy atom. The van der Waals surface area contributed by atoms with Gasteiger partial charge in [-0.3, -0.25) is 0 Å². The van der Waals surface area contributed by atoms with Gasteiger partial charge in [0.25, 0.3) is 0 Å². The lowest BCUT2D eigenvalue weighted by molar-refractivity contribution is 0.415. The van der Waals surface area contributed by atoms with Crippen LogP contribution in [-0.4, -0.2) is 22.6 Å². The molecular weight excluding hydrogens is 504 g/mol. The molecule has 1 heterocycles. The maximum absolute atomic E-state index is 14.5. The predicted octanol–water partition coefficient (Wildman–Crippen LogP) is 8.16. The van der Waals surface area contributed by atoms with Crippen LogP contribution in [0.4, 0.5) is 0 Å². The zero-order chi connectivity index (χ0) is 26.7. The van der Waals surface area contributed by atoms with E-state index < -0.39 is 9.84 Å². The fourth-order valence-electron chi connectivity index (χ4n) is 5.79. The Labute approximate surface area is 227 Å². The average Bonchev–Trinajstić information content (AvgIpc) is 3.20. The number of hydrogen-bond donors (Lipinski definition) is 0. The molecule has 0 amide bonds. The van der Waals surface area contributed by atoms with Crippen LogP contribution in [0.2, 0.25) is 0 Å². The van der Waals surface area contributed by atoms with E-state index >= 15 is 0 Å². The monoisotopic (exact) mass is 528 g/mol. The first-order chi connectivity index (χ1) is 19.0. The minimum absolute atomic E-state index is 0.344. The molecule has 1 aliphatic heterocycles. The Morgan fingerprint density at radius 1 is 0.538 bits per heavy atom. The summed E-state index contributed by atoms with van der Waals surface area (Å²) in [6.07, 6.45) is 0. The van der Waals surface area contributed by atoms with E-state index in [2.05, 4.69) is 6.07 Å². The van der Waals surface area contributed by atoms with E-state index in [1.165, 1.54) is 0 Å². The quantitative estimate of drug-likeness (QED) is 0.231. The molecule has 0 N–H and O–H groups in total. The first kappa shape index (κ1) is 23.5. The summed E-state index contributed by atoms with van der Waals surface area (Å²) in [5.41, 5.74) is 4.84. The molecule has 0 bridgehead atoms. The zero-order valence-corrected chi connectivity index (χ0v) is 22.3. The van der Waals surface area contributed by atoms with Gasteiger partial charge in [-0.15, -0.1) is 0 Å². The summed E-state index contributed by atoms with van der Waals surface area (Å²) in [6.45, 7) is 0. The predicted molar refractivity (Wildman–Crippen MR) is 156 cm³/mol. The van der Waals surface area contributed by atoms with Gasteiger partial charge < -0.3 is 9.47 Å². The minimum atomic E-state index is -3.84. The van der Waals surface area contributed by atoms with Gasteiger partial charge in [-0.1, -0.05) is 72.8 Å². The smallest absolute Gasteiger partial charge is 0.208 e. The van der Waals surface area contributed by atoms with Gasteiger partial charge in [0.05, 0.1) is 24.0 Å². The first-order valence-electron chi connectivity index (χ1n) is 12.7. The molecule has 4 nitrogen and oxygen atoms in total. The van der Waals surface area contributed by atoms with Gasteiger partial charge >= 0.3 is 0 Å². The van der Waals surface area contributed by atoms with Crippen LogP contribution in [0.25, 0.3) is 54.9 Å². The van der Waals surface area contributed by atoms with Gasteiger partial charge in [0.15, 0.2) is 0 Å². The van der Waals surface area contributed by atoms with Crippen molar-refractivity contribution in [2.45, 2.75) is 9.79 Å². The molecule has 7 rings (SSSR count). The lowest BCUT2D eigenvalue weighted by atomic mass is 9.85. The second kappa shape index (κ2) is 8.72. The van der Waals surface area contributed by atoms with Crippen LogP contribution < -0.4 is 9.47 Å². The van der Waals surface area contributed by atoms with E-state index in [1.807, 2.05) is 103 Å². The van der Waals surface area contributed by atoms with E-state index in [4.69, 9.17) is 9.47 Å². The molecule has 0 radical (unpaired) electrons. The third-order valence-corrected chi connectivity index (χ3v) is 9.47. The number of hydrogen-bond acceptors (Lipinski definition) is 4. The van der Waals surface area contributed by atoms with E-state index in [1.54, 1.807) is 14.2 Å². The lowest BCUT2D eigenvalue weighted by Crippen LogP contribution is -2.01. The number of sulfone groups is 1. The molecule has 0 spiro atoms. The first-order valence-corrected chi connectivity index (χ1v) is 14.2. The van der Waals surface area contributed by atoms with Crippen molar-refractivity contribution in [3.63, 3.8) is 0 Å². The molecule has 6 aromatic rings. The van der Waals surface area contributed by atoms with E-state index in [0.717, 1.165) is 55.1 Å². The molecule has 0 unspecified atom stereocenters. The van der Waals surface area contributed by atoms with Gasteiger partial charge in [0.2, 0.25) is 9.84 Å². The van der Waals surface area contributed by atoms with Crippen LogP contribution in [0.3, 0.4) is 0 Å². The van der Waals surface area contributed by atoms with Crippen molar-refractivity contribution >= 4 is 31.4 Å². The molecule has 190 valence electrons. The van der Waals surface area contributed by atoms with Crippen molar-refractivity contribution in [1.82, 2.24) is 0 Å². The van der Waals surface area contributed by atoms with Crippen LogP contribution in [0.15, 0.2) is 119 Å². The van der Waals surface area contributed by atoms with Crippen molar-refractivity contribution < 1.29 is 17.9 Å². The lowest BCUT2D eigenvalue weighted by Gasteiger charge is -2.19. The molecule has 0 atom stereocenters. The molecule has 0 saturated carbocycles. The summed E-state index contributed by atoms with van der Waals surface area (Å²) < 4.78 is 39.8. The Kier molecular flexibility index (Phi) is 5.25. The molecule has 0 aromatic heterocycles. The Hall–Kier alpha value is -4.61. The van der Waals surface area contributed by atoms with Crippen molar-refractivity contribution in [3.05, 3.63) is 109 Å². The molecule has 1 aliphatic rings. The second-order valence-electron chi connectivity index (χ2n) is 9.66. The summed E-state index contributed by atoms with van der Waals surface area (Å²) >= 11 is 0. The third kappa shape index (κ3) is 3.47. The highest BCUT2D eigenvalue weighted by atomic mass is 32.2. The van der Waals surface area contributed by atoms with E-state index in [-0.39, 0.29) is 0 Å². The number of fused-ring (bicyclic) bond motifs is 5. The van der Waals surface area contributed by atoms with Gasteiger partial charge in [0.1, 0.15) is 11.5 Å². The number of methoxy groups -OCH3 is 2. The highest BCUT2D eigenvalue weighted by molar-refractivity contribution is 7.92. The van der Waals surface area contributed by atoms with Gasteiger partial charge in [-0.05, 0) is 74.6 Å². The number of rotatable bonds is 4. The Balaban J connectivity index is 1.69. The molecular formula is C34H24O4S. The normalized spacial score (nSPS) is 13.3. The SMILES string of the molecule is COc1ccc(-c2c3c(c(-c4ccc(OC)cc4)c4ccccc24)S(=O)(=O)c2cc4ccccc4cc2-3)cc1. The zero-order valence-electron chi connectivity index (χ0n) is 21.4. The topological polar surface area (TPSA) is 52.6 Å². The van der Waals surface area contributed by atoms with Crippen molar-refractivity contribution in [2.24, 2.45) is 0 Å².